The lowest BCUT2D eigenvalue weighted by Crippen LogP contribution is -2.17. The van der Waals surface area contributed by atoms with Gasteiger partial charge in [0.2, 0.25) is 5.89 Å². The number of ether oxygens (including phenoxy) is 1. The number of nitrogens with zero attached hydrogens (tertiary/aromatic N) is 3. The molecule has 1 atom stereocenters. The van der Waals surface area contributed by atoms with Crippen molar-refractivity contribution in [1.29, 1.82) is 5.26 Å². The molecule has 0 saturated carbocycles. The van der Waals surface area contributed by atoms with Crippen molar-refractivity contribution >= 4 is 0 Å². The summed E-state index contributed by atoms with van der Waals surface area (Å²) in [6, 6.07) is 1.98. The predicted molar refractivity (Wildman–Crippen MR) is 48.5 cm³/mol. The maximum absolute atomic E-state index is 11.8. The van der Waals surface area contributed by atoms with Crippen LogP contribution in [-0.2, 0) is 17.8 Å². The largest absolute Gasteiger partial charge is 0.411 e. The summed E-state index contributed by atoms with van der Waals surface area (Å²) in [6.45, 7) is -0.0561. The van der Waals surface area contributed by atoms with Crippen LogP contribution in [0.15, 0.2) is 4.52 Å². The van der Waals surface area contributed by atoms with E-state index in [2.05, 4.69) is 14.9 Å². The Morgan fingerprint density at radius 2 is 2.24 bits per heavy atom. The molecule has 0 amide bonds. The molecule has 0 radical (unpaired) electrons. The molecule has 8 heteroatoms. The first-order chi connectivity index (χ1) is 7.90. The van der Waals surface area contributed by atoms with Gasteiger partial charge < -0.3 is 9.26 Å². The second-order valence-corrected chi connectivity index (χ2v) is 3.45. The molecule has 1 rings (SSSR count). The molecule has 17 heavy (non-hydrogen) atoms. The molecular weight excluding hydrogens is 239 g/mol. The molecule has 1 unspecified atom stereocenters. The molecular formula is C9H10F3N3O2. The third kappa shape index (κ3) is 5.31. The Kier molecular flexibility index (Phi) is 4.45. The SMILES string of the molecule is CC(C#N)Cc1nc(COCC(F)(F)F)no1. The minimum Gasteiger partial charge on any atom is -0.364 e. The molecule has 94 valence electrons. The Labute approximate surface area is 95.2 Å². The normalized spacial score (nSPS) is 13.4. The van der Waals surface area contributed by atoms with Gasteiger partial charge in [-0.1, -0.05) is 5.16 Å². The lowest BCUT2D eigenvalue weighted by atomic mass is 10.1. The van der Waals surface area contributed by atoms with Crippen LogP contribution in [0.2, 0.25) is 0 Å². The number of hydrogen-bond acceptors (Lipinski definition) is 5. The van der Waals surface area contributed by atoms with E-state index in [0.717, 1.165) is 0 Å². The predicted octanol–water partition coefficient (Wildman–Crippen LogP) is 1.85. The van der Waals surface area contributed by atoms with Crippen molar-refractivity contribution < 1.29 is 22.4 Å². The maximum Gasteiger partial charge on any atom is 0.411 e. The standard InChI is InChI=1S/C9H10F3N3O2/c1-6(3-13)2-8-14-7(15-17-8)4-16-5-9(10,11)12/h6H,2,4-5H2,1H3. The van der Waals surface area contributed by atoms with E-state index in [1.807, 2.05) is 6.07 Å². The van der Waals surface area contributed by atoms with Gasteiger partial charge in [0.05, 0.1) is 12.0 Å². The molecule has 0 bridgehead atoms. The summed E-state index contributed by atoms with van der Waals surface area (Å²) in [5.74, 6) is -0.0431. The third-order valence-electron chi connectivity index (χ3n) is 1.71. The molecule has 1 heterocycles. The van der Waals surface area contributed by atoms with Gasteiger partial charge in [-0.15, -0.1) is 0 Å². The van der Waals surface area contributed by atoms with Crippen LogP contribution in [0.4, 0.5) is 13.2 Å². The highest BCUT2D eigenvalue weighted by Gasteiger charge is 2.27. The van der Waals surface area contributed by atoms with Crippen LogP contribution < -0.4 is 0 Å². The highest BCUT2D eigenvalue weighted by atomic mass is 19.4. The molecule has 0 fully saturated rings. The monoisotopic (exact) mass is 249 g/mol. The molecule has 0 N–H and O–H groups in total. The van der Waals surface area contributed by atoms with Crippen molar-refractivity contribution in [3.05, 3.63) is 11.7 Å². The van der Waals surface area contributed by atoms with Crippen molar-refractivity contribution in [3.63, 3.8) is 0 Å². The second kappa shape index (κ2) is 5.63. The Balaban J connectivity index is 2.39. The van der Waals surface area contributed by atoms with Gasteiger partial charge in [0.15, 0.2) is 5.82 Å². The van der Waals surface area contributed by atoms with Crippen LogP contribution in [0.5, 0.6) is 0 Å². The number of rotatable bonds is 5. The topological polar surface area (TPSA) is 71.9 Å². The van der Waals surface area contributed by atoms with Crippen molar-refractivity contribution in [1.82, 2.24) is 10.1 Å². The molecule has 0 aliphatic rings. The molecule has 0 aliphatic heterocycles. The van der Waals surface area contributed by atoms with Gasteiger partial charge in [-0.2, -0.15) is 23.4 Å². The summed E-state index contributed by atoms with van der Waals surface area (Å²) in [7, 11) is 0. The minimum absolute atomic E-state index is 0.0365. The highest BCUT2D eigenvalue weighted by molar-refractivity contribution is 4.91. The lowest BCUT2D eigenvalue weighted by Gasteiger charge is -2.04. The zero-order valence-corrected chi connectivity index (χ0v) is 8.99. The van der Waals surface area contributed by atoms with Gasteiger partial charge in [0, 0.05) is 6.42 Å². The first-order valence-corrected chi connectivity index (χ1v) is 4.76. The second-order valence-electron chi connectivity index (χ2n) is 3.45. The molecule has 0 saturated heterocycles. The van der Waals surface area contributed by atoms with Crippen molar-refractivity contribution in [2.24, 2.45) is 5.92 Å². The number of halogens is 3. The van der Waals surface area contributed by atoms with E-state index >= 15 is 0 Å². The van der Waals surface area contributed by atoms with Crippen LogP contribution in [0.25, 0.3) is 0 Å². The maximum atomic E-state index is 11.8. The van der Waals surface area contributed by atoms with E-state index in [1.54, 1.807) is 6.92 Å². The van der Waals surface area contributed by atoms with Crippen LogP contribution in [0, 0.1) is 17.2 Å². The summed E-state index contributed by atoms with van der Waals surface area (Å²) < 4.78 is 44.4. The molecule has 1 aromatic rings. The Morgan fingerprint density at radius 1 is 1.53 bits per heavy atom. The van der Waals surface area contributed by atoms with E-state index < -0.39 is 12.8 Å². The Hall–Kier alpha value is -1.62. The molecule has 0 aromatic carbocycles. The van der Waals surface area contributed by atoms with Crippen LogP contribution in [0.1, 0.15) is 18.6 Å². The van der Waals surface area contributed by atoms with Crippen molar-refractivity contribution in [2.75, 3.05) is 6.61 Å². The van der Waals surface area contributed by atoms with Crippen LogP contribution in [-0.4, -0.2) is 22.9 Å². The van der Waals surface area contributed by atoms with Gasteiger partial charge in [-0.25, -0.2) is 0 Å². The molecule has 0 spiro atoms. The van der Waals surface area contributed by atoms with Crippen molar-refractivity contribution in [2.45, 2.75) is 26.1 Å². The zero-order valence-electron chi connectivity index (χ0n) is 8.99. The van der Waals surface area contributed by atoms with Gasteiger partial charge in [-0.3, -0.25) is 0 Å². The fourth-order valence-electron chi connectivity index (χ4n) is 0.997. The van der Waals surface area contributed by atoms with Gasteiger partial charge in [0.1, 0.15) is 13.2 Å². The smallest absolute Gasteiger partial charge is 0.364 e. The summed E-state index contributed by atoms with van der Waals surface area (Å²) >= 11 is 0. The van der Waals surface area contributed by atoms with Gasteiger partial charge in [-0.05, 0) is 6.92 Å². The molecule has 1 aromatic heterocycles. The lowest BCUT2D eigenvalue weighted by molar-refractivity contribution is -0.177. The fraction of sp³-hybridized carbons (Fsp3) is 0.667. The quantitative estimate of drug-likeness (QED) is 0.796. The van der Waals surface area contributed by atoms with E-state index in [0.29, 0.717) is 0 Å². The zero-order chi connectivity index (χ0) is 12.9. The summed E-state index contributed by atoms with van der Waals surface area (Å²) in [5.41, 5.74) is 0. The third-order valence-corrected chi connectivity index (χ3v) is 1.71. The van der Waals surface area contributed by atoms with Crippen molar-refractivity contribution in [3.8, 4) is 6.07 Å². The van der Waals surface area contributed by atoms with Crippen LogP contribution in [0.3, 0.4) is 0 Å². The summed E-state index contributed by atoms with van der Waals surface area (Å²) in [4.78, 5) is 3.80. The van der Waals surface area contributed by atoms with E-state index in [9.17, 15) is 13.2 Å². The first kappa shape index (κ1) is 13.4. The molecule has 5 nitrogen and oxygen atoms in total. The van der Waals surface area contributed by atoms with E-state index in [1.165, 1.54) is 0 Å². The fourth-order valence-corrected chi connectivity index (χ4v) is 0.997. The van der Waals surface area contributed by atoms with E-state index in [-0.39, 0.29) is 30.7 Å². The molecule has 0 aliphatic carbocycles. The first-order valence-electron chi connectivity index (χ1n) is 4.76. The van der Waals surface area contributed by atoms with Gasteiger partial charge >= 0.3 is 6.18 Å². The highest BCUT2D eigenvalue weighted by Crippen LogP contribution is 2.15. The number of hydrogen-bond donors (Lipinski definition) is 0. The minimum atomic E-state index is -4.37. The summed E-state index contributed by atoms with van der Waals surface area (Å²) in [5, 5.41) is 12.0. The Morgan fingerprint density at radius 3 is 2.82 bits per heavy atom. The van der Waals surface area contributed by atoms with E-state index in [4.69, 9.17) is 9.78 Å². The average Bonchev–Trinajstić information content (AvgIpc) is 2.63. The average molecular weight is 249 g/mol. The van der Waals surface area contributed by atoms with Crippen LogP contribution >= 0.6 is 0 Å². The number of aromatic nitrogens is 2. The Bertz CT molecular complexity index is 397. The van der Waals surface area contributed by atoms with Gasteiger partial charge in [0.25, 0.3) is 0 Å². The number of alkyl halides is 3. The number of nitriles is 1. The summed E-state index contributed by atoms with van der Waals surface area (Å²) in [6.07, 6.45) is -4.11.